The molecule has 1 atom stereocenters. The Morgan fingerprint density at radius 3 is 2.52 bits per heavy atom. The summed E-state index contributed by atoms with van der Waals surface area (Å²) in [6, 6.07) is -0.166. The normalized spacial score (nSPS) is 19.7. The SMILES string of the molecule is Nc1c(F)c(N2CCC(O)C2)c(F)c2c1c(=O)c(OC(=O)O)cn2C1CC1. The van der Waals surface area contributed by atoms with E-state index in [1.807, 2.05) is 0 Å². The van der Waals surface area contributed by atoms with Gasteiger partial charge in [0.2, 0.25) is 5.43 Å². The first-order valence-corrected chi connectivity index (χ1v) is 8.48. The van der Waals surface area contributed by atoms with E-state index in [1.54, 1.807) is 0 Å². The van der Waals surface area contributed by atoms with Gasteiger partial charge in [0.25, 0.3) is 0 Å². The van der Waals surface area contributed by atoms with Crippen LogP contribution in [0.1, 0.15) is 25.3 Å². The summed E-state index contributed by atoms with van der Waals surface area (Å²) >= 11 is 0. The van der Waals surface area contributed by atoms with Crippen LogP contribution in [0.2, 0.25) is 0 Å². The summed E-state index contributed by atoms with van der Waals surface area (Å²) in [5.74, 6) is -2.63. The fourth-order valence-electron chi connectivity index (χ4n) is 3.56. The van der Waals surface area contributed by atoms with Gasteiger partial charge in [0.1, 0.15) is 5.69 Å². The number of aliphatic hydroxyl groups is 1. The average molecular weight is 381 g/mol. The van der Waals surface area contributed by atoms with E-state index in [0.29, 0.717) is 19.3 Å². The van der Waals surface area contributed by atoms with Crippen LogP contribution < -0.4 is 20.8 Å². The predicted molar refractivity (Wildman–Crippen MR) is 92.3 cm³/mol. The van der Waals surface area contributed by atoms with Crippen molar-refractivity contribution >= 4 is 28.4 Å². The number of rotatable bonds is 3. The lowest BCUT2D eigenvalue weighted by Crippen LogP contribution is -2.26. The minimum Gasteiger partial charge on any atom is -0.449 e. The van der Waals surface area contributed by atoms with Crippen LogP contribution in [0.25, 0.3) is 10.9 Å². The molecule has 1 saturated heterocycles. The van der Waals surface area contributed by atoms with Crippen molar-refractivity contribution < 1.29 is 28.5 Å². The Hall–Kier alpha value is -2.88. The van der Waals surface area contributed by atoms with Crippen LogP contribution in [-0.4, -0.2) is 40.1 Å². The van der Waals surface area contributed by atoms with Gasteiger partial charge in [-0.05, 0) is 19.3 Å². The summed E-state index contributed by atoms with van der Waals surface area (Å²) in [7, 11) is 0. The number of nitrogens with two attached hydrogens (primary N) is 1. The van der Waals surface area contributed by atoms with E-state index in [2.05, 4.69) is 4.74 Å². The van der Waals surface area contributed by atoms with Crippen LogP contribution in [0, 0.1) is 11.6 Å². The quantitative estimate of drug-likeness (QED) is 0.548. The molecule has 2 fully saturated rings. The fourth-order valence-corrected chi connectivity index (χ4v) is 3.56. The van der Waals surface area contributed by atoms with Crippen LogP contribution in [0.5, 0.6) is 5.75 Å². The number of anilines is 2. The molecule has 1 aliphatic heterocycles. The molecule has 0 bridgehead atoms. The summed E-state index contributed by atoms with van der Waals surface area (Å²) in [6.45, 7) is 0.292. The molecule has 2 heterocycles. The first-order chi connectivity index (χ1) is 12.8. The third-order valence-corrected chi connectivity index (χ3v) is 4.95. The van der Waals surface area contributed by atoms with Crippen LogP contribution in [0.15, 0.2) is 11.0 Å². The van der Waals surface area contributed by atoms with E-state index >= 15 is 4.39 Å². The van der Waals surface area contributed by atoms with Crippen LogP contribution in [-0.2, 0) is 0 Å². The molecule has 2 aromatic rings. The summed E-state index contributed by atoms with van der Waals surface area (Å²) in [5, 5.41) is 18.1. The Kier molecular flexibility index (Phi) is 3.95. The number of β-amino-alcohol motifs (C(OH)–C–C–N with tert-alkyl or cyclic N) is 1. The highest BCUT2D eigenvalue weighted by Gasteiger charge is 2.34. The number of aromatic nitrogens is 1. The lowest BCUT2D eigenvalue weighted by molar-refractivity contribution is 0.143. The molecule has 1 unspecified atom stereocenters. The van der Waals surface area contributed by atoms with Crippen molar-refractivity contribution in [3.05, 3.63) is 28.1 Å². The van der Waals surface area contributed by atoms with E-state index in [4.69, 9.17) is 10.8 Å². The van der Waals surface area contributed by atoms with Gasteiger partial charge < -0.3 is 30.2 Å². The smallest absolute Gasteiger partial charge is 0.449 e. The number of hydrogen-bond acceptors (Lipinski definition) is 6. The van der Waals surface area contributed by atoms with Gasteiger partial charge in [-0.2, -0.15) is 0 Å². The maximum atomic E-state index is 15.4. The minimum absolute atomic E-state index is 0.0483. The standard InChI is InChI=1S/C17H17F2N3O5/c18-11-13(20)10-14(12(19)15(11)21-4-3-8(23)5-21)22(7-1-2-7)6-9(16(10)24)27-17(25)26/h6-8,23H,1-5,20H2,(H,25,26). The molecule has 8 nitrogen and oxygen atoms in total. The number of pyridine rings is 1. The number of fused-ring (bicyclic) bond motifs is 1. The molecule has 144 valence electrons. The molecule has 0 spiro atoms. The summed E-state index contributed by atoms with van der Waals surface area (Å²) in [5.41, 5.74) is 3.69. The number of benzene rings is 1. The van der Waals surface area contributed by atoms with Gasteiger partial charge in [-0.1, -0.05) is 0 Å². The molecule has 1 aromatic carbocycles. The molecule has 1 aromatic heterocycles. The Bertz CT molecular complexity index is 1020. The van der Waals surface area contributed by atoms with Gasteiger partial charge >= 0.3 is 6.16 Å². The number of carboxylic acid groups (broad SMARTS) is 1. The molecule has 1 saturated carbocycles. The number of halogens is 2. The van der Waals surface area contributed by atoms with E-state index in [-0.39, 0.29) is 24.6 Å². The largest absolute Gasteiger partial charge is 0.511 e. The van der Waals surface area contributed by atoms with Gasteiger partial charge in [-0.25, -0.2) is 13.6 Å². The third-order valence-electron chi connectivity index (χ3n) is 4.95. The first kappa shape index (κ1) is 17.5. The molecule has 0 amide bonds. The minimum atomic E-state index is -1.71. The Labute approximate surface area is 151 Å². The maximum absolute atomic E-state index is 15.4. The van der Waals surface area contributed by atoms with Gasteiger partial charge in [-0.3, -0.25) is 4.79 Å². The Balaban J connectivity index is 2.04. The highest BCUT2D eigenvalue weighted by atomic mass is 19.1. The van der Waals surface area contributed by atoms with E-state index in [0.717, 1.165) is 6.20 Å². The second-order valence-electron chi connectivity index (χ2n) is 6.83. The van der Waals surface area contributed by atoms with Crippen molar-refractivity contribution in [1.29, 1.82) is 0 Å². The Morgan fingerprint density at radius 2 is 1.96 bits per heavy atom. The fraction of sp³-hybridized carbons (Fsp3) is 0.412. The molecule has 2 aliphatic rings. The average Bonchev–Trinajstić information content (AvgIpc) is 3.36. The maximum Gasteiger partial charge on any atom is 0.511 e. The van der Waals surface area contributed by atoms with Crippen molar-refractivity contribution in [2.45, 2.75) is 31.4 Å². The zero-order valence-electron chi connectivity index (χ0n) is 14.1. The zero-order valence-corrected chi connectivity index (χ0v) is 14.1. The number of aliphatic hydroxyl groups excluding tert-OH is 1. The number of ether oxygens (including phenoxy) is 1. The van der Waals surface area contributed by atoms with Crippen molar-refractivity contribution in [3.63, 3.8) is 0 Å². The first-order valence-electron chi connectivity index (χ1n) is 8.48. The van der Waals surface area contributed by atoms with Crippen LogP contribution in [0.3, 0.4) is 0 Å². The zero-order chi connectivity index (χ0) is 19.5. The van der Waals surface area contributed by atoms with Gasteiger partial charge in [-0.15, -0.1) is 0 Å². The lowest BCUT2D eigenvalue weighted by Gasteiger charge is -2.23. The molecule has 0 radical (unpaired) electrons. The molecule has 27 heavy (non-hydrogen) atoms. The van der Waals surface area contributed by atoms with Crippen molar-refractivity contribution in [1.82, 2.24) is 4.57 Å². The Morgan fingerprint density at radius 1 is 1.26 bits per heavy atom. The van der Waals surface area contributed by atoms with Crippen molar-refractivity contribution in [3.8, 4) is 5.75 Å². The lowest BCUT2D eigenvalue weighted by atomic mass is 10.1. The molecule has 1 aliphatic carbocycles. The van der Waals surface area contributed by atoms with Crippen molar-refractivity contribution in [2.24, 2.45) is 0 Å². The van der Waals surface area contributed by atoms with E-state index in [1.165, 1.54) is 9.47 Å². The monoisotopic (exact) mass is 381 g/mol. The number of nitrogen functional groups attached to an aromatic ring is 1. The number of hydrogen-bond donors (Lipinski definition) is 3. The number of carbonyl (C=O) groups is 1. The van der Waals surface area contributed by atoms with Crippen molar-refractivity contribution in [2.75, 3.05) is 23.7 Å². The van der Waals surface area contributed by atoms with Gasteiger partial charge in [0, 0.05) is 19.1 Å². The summed E-state index contributed by atoms with van der Waals surface area (Å²) in [4.78, 5) is 24.8. The second-order valence-corrected chi connectivity index (χ2v) is 6.83. The third kappa shape index (κ3) is 2.76. The molecular weight excluding hydrogens is 364 g/mol. The molecule has 4 N–H and O–H groups in total. The second kappa shape index (κ2) is 6.08. The highest BCUT2D eigenvalue weighted by molar-refractivity contribution is 5.96. The predicted octanol–water partition coefficient (Wildman–Crippen LogP) is 1.82. The molecular formula is C17H17F2N3O5. The van der Waals surface area contributed by atoms with E-state index in [9.17, 15) is 19.1 Å². The summed E-state index contributed by atoms with van der Waals surface area (Å²) < 4.78 is 36.2. The van der Waals surface area contributed by atoms with Crippen LogP contribution in [0.4, 0.5) is 25.0 Å². The van der Waals surface area contributed by atoms with Gasteiger partial charge in [0.05, 0.1) is 28.9 Å². The highest BCUT2D eigenvalue weighted by Crippen LogP contribution is 2.42. The summed E-state index contributed by atoms with van der Waals surface area (Å²) in [6.07, 6.45) is 0.448. The molecule has 10 heteroatoms. The van der Waals surface area contributed by atoms with E-state index < -0.39 is 51.8 Å². The van der Waals surface area contributed by atoms with Crippen LogP contribution >= 0.6 is 0 Å². The molecule has 4 rings (SSSR count). The topological polar surface area (TPSA) is 118 Å². The number of nitrogens with zero attached hydrogens (tertiary/aromatic N) is 2. The van der Waals surface area contributed by atoms with Gasteiger partial charge in [0.15, 0.2) is 17.4 Å².